The van der Waals surface area contributed by atoms with Gasteiger partial charge in [-0.3, -0.25) is 4.79 Å². The largest absolute Gasteiger partial charge is 0.445 e. The topological polar surface area (TPSA) is 58.6 Å². The van der Waals surface area contributed by atoms with Gasteiger partial charge in [0, 0.05) is 26.1 Å². The maximum atomic E-state index is 11.5. The highest BCUT2D eigenvalue weighted by Gasteiger charge is 2.18. The summed E-state index contributed by atoms with van der Waals surface area (Å²) >= 11 is 0. The molecule has 1 aliphatic heterocycles. The van der Waals surface area contributed by atoms with Gasteiger partial charge in [-0.05, 0) is 18.4 Å². The summed E-state index contributed by atoms with van der Waals surface area (Å²) < 4.78 is 5.09. The van der Waals surface area contributed by atoms with Gasteiger partial charge < -0.3 is 15.0 Å². The Balaban J connectivity index is 1.55. The molecule has 1 fully saturated rings. The molecule has 0 saturated carbocycles. The van der Waals surface area contributed by atoms with Crippen molar-refractivity contribution in [1.82, 2.24) is 10.2 Å². The fraction of sp³-hybridized carbons (Fsp3) is 0.467. The number of carbonyl (C=O) groups excluding carboxylic acids is 2. The highest BCUT2D eigenvalue weighted by Crippen LogP contribution is 2.09. The summed E-state index contributed by atoms with van der Waals surface area (Å²) in [4.78, 5) is 24.7. The summed E-state index contributed by atoms with van der Waals surface area (Å²) in [5.74, 6) is 0.219. The van der Waals surface area contributed by atoms with E-state index in [1.165, 1.54) is 0 Å². The number of alkyl carbamates (subject to hydrolysis) is 1. The lowest BCUT2D eigenvalue weighted by molar-refractivity contribution is -0.127. The fourth-order valence-corrected chi connectivity index (χ4v) is 2.17. The molecule has 1 heterocycles. The van der Waals surface area contributed by atoms with Crippen LogP contribution in [-0.4, -0.2) is 36.5 Å². The van der Waals surface area contributed by atoms with Gasteiger partial charge in [-0.25, -0.2) is 4.79 Å². The van der Waals surface area contributed by atoms with Gasteiger partial charge in [0.2, 0.25) is 5.91 Å². The Kier molecular flexibility index (Phi) is 5.41. The van der Waals surface area contributed by atoms with Gasteiger partial charge in [0.1, 0.15) is 6.61 Å². The highest BCUT2D eigenvalue weighted by atomic mass is 16.5. The Bertz CT molecular complexity index is 448. The number of amides is 2. The molecule has 5 heteroatoms. The first-order valence-corrected chi connectivity index (χ1v) is 6.98. The average Bonchev–Trinajstić information content (AvgIpc) is 2.88. The minimum absolute atomic E-state index is 0.219. The Morgan fingerprint density at radius 1 is 1.30 bits per heavy atom. The molecular weight excluding hydrogens is 256 g/mol. The van der Waals surface area contributed by atoms with E-state index in [9.17, 15) is 9.59 Å². The third kappa shape index (κ3) is 4.57. The first-order valence-electron chi connectivity index (χ1n) is 6.98. The van der Waals surface area contributed by atoms with Gasteiger partial charge in [-0.1, -0.05) is 30.3 Å². The third-order valence-corrected chi connectivity index (χ3v) is 3.26. The lowest BCUT2D eigenvalue weighted by Crippen LogP contribution is -2.30. The molecular formula is C15H20N2O3. The van der Waals surface area contributed by atoms with E-state index >= 15 is 0 Å². The van der Waals surface area contributed by atoms with Crippen LogP contribution in [0.5, 0.6) is 0 Å². The quantitative estimate of drug-likeness (QED) is 0.808. The molecule has 108 valence electrons. The molecule has 0 unspecified atom stereocenters. The second kappa shape index (κ2) is 7.53. The van der Waals surface area contributed by atoms with Crippen LogP contribution in [0.25, 0.3) is 0 Å². The van der Waals surface area contributed by atoms with E-state index < -0.39 is 6.09 Å². The smallest absolute Gasteiger partial charge is 0.407 e. The normalized spacial score (nSPS) is 14.4. The number of hydrogen-bond acceptors (Lipinski definition) is 3. The summed E-state index contributed by atoms with van der Waals surface area (Å²) in [5, 5.41) is 2.69. The molecule has 0 aromatic heterocycles. The molecule has 1 aromatic rings. The summed E-state index contributed by atoms with van der Waals surface area (Å²) in [6.45, 7) is 2.35. The standard InChI is InChI=1S/C15H20N2O3/c18-14-8-4-10-17(14)11-5-9-16-15(19)20-12-13-6-2-1-3-7-13/h1-3,6-7H,4-5,8-12H2,(H,16,19). The Morgan fingerprint density at radius 3 is 2.80 bits per heavy atom. The Morgan fingerprint density at radius 2 is 2.10 bits per heavy atom. The number of nitrogens with zero attached hydrogens (tertiary/aromatic N) is 1. The van der Waals surface area contributed by atoms with E-state index in [0.717, 1.165) is 24.9 Å². The van der Waals surface area contributed by atoms with Crippen molar-refractivity contribution in [3.63, 3.8) is 0 Å². The molecule has 0 bridgehead atoms. The number of benzene rings is 1. The molecule has 5 nitrogen and oxygen atoms in total. The third-order valence-electron chi connectivity index (χ3n) is 3.26. The van der Waals surface area contributed by atoms with Gasteiger partial charge in [0.25, 0.3) is 0 Å². The molecule has 20 heavy (non-hydrogen) atoms. The van der Waals surface area contributed by atoms with Crippen LogP contribution in [0.2, 0.25) is 0 Å². The van der Waals surface area contributed by atoms with Crippen LogP contribution in [0.1, 0.15) is 24.8 Å². The number of hydrogen-bond donors (Lipinski definition) is 1. The number of carbonyl (C=O) groups is 2. The molecule has 1 aromatic carbocycles. The molecule has 0 spiro atoms. The predicted octanol–water partition coefficient (Wildman–Crippen LogP) is 1.93. The molecule has 0 atom stereocenters. The number of likely N-dealkylation sites (tertiary alicyclic amines) is 1. The predicted molar refractivity (Wildman–Crippen MR) is 75.1 cm³/mol. The molecule has 2 rings (SSSR count). The second-order valence-electron chi connectivity index (χ2n) is 4.83. The summed E-state index contributed by atoms with van der Waals surface area (Å²) in [6.07, 6.45) is 1.95. The van der Waals surface area contributed by atoms with Gasteiger partial charge in [-0.15, -0.1) is 0 Å². The molecule has 2 amide bonds. The van der Waals surface area contributed by atoms with Crippen LogP contribution in [0.15, 0.2) is 30.3 Å². The molecule has 1 saturated heterocycles. The van der Waals surface area contributed by atoms with Gasteiger partial charge in [0.15, 0.2) is 0 Å². The summed E-state index contributed by atoms with van der Waals surface area (Å²) in [7, 11) is 0. The SMILES string of the molecule is O=C(NCCCN1CCCC1=O)OCc1ccccc1. The van der Waals surface area contributed by atoms with Crippen molar-refractivity contribution in [3.05, 3.63) is 35.9 Å². The lowest BCUT2D eigenvalue weighted by Gasteiger charge is -2.15. The molecule has 0 aliphatic carbocycles. The monoisotopic (exact) mass is 276 g/mol. The van der Waals surface area contributed by atoms with E-state index in [4.69, 9.17) is 4.74 Å². The van der Waals surface area contributed by atoms with Gasteiger partial charge in [-0.2, -0.15) is 0 Å². The van der Waals surface area contributed by atoms with E-state index in [-0.39, 0.29) is 12.5 Å². The van der Waals surface area contributed by atoms with Crippen LogP contribution >= 0.6 is 0 Å². The average molecular weight is 276 g/mol. The fourth-order valence-electron chi connectivity index (χ4n) is 2.17. The number of nitrogens with one attached hydrogen (secondary N) is 1. The van der Waals surface area contributed by atoms with Crippen molar-refractivity contribution in [2.75, 3.05) is 19.6 Å². The molecule has 1 N–H and O–H groups in total. The van der Waals surface area contributed by atoms with Crippen molar-refractivity contribution in [1.29, 1.82) is 0 Å². The van der Waals surface area contributed by atoms with E-state index in [1.54, 1.807) is 0 Å². The van der Waals surface area contributed by atoms with Crippen molar-refractivity contribution in [2.45, 2.75) is 25.9 Å². The van der Waals surface area contributed by atoms with Gasteiger partial charge in [0.05, 0.1) is 0 Å². The highest BCUT2D eigenvalue weighted by molar-refractivity contribution is 5.78. The summed E-state index contributed by atoms with van der Waals surface area (Å²) in [5.41, 5.74) is 0.963. The summed E-state index contributed by atoms with van der Waals surface area (Å²) in [6, 6.07) is 9.55. The van der Waals surface area contributed by atoms with Crippen molar-refractivity contribution < 1.29 is 14.3 Å². The van der Waals surface area contributed by atoms with Crippen molar-refractivity contribution in [3.8, 4) is 0 Å². The number of rotatable bonds is 6. The van der Waals surface area contributed by atoms with Crippen LogP contribution in [0.3, 0.4) is 0 Å². The zero-order valence-electron chi connectivity index (χ0n) is 11.5. The number of ether oxygens (including phenoxy) is 1. The van der Waals surface area contributed by atoms with Crippen LogP contribution < -0.4 is 5.32 Å². The molecule has 0 radical (unpaired) electrons. The second-order valence-corrected chi connectivity index (χ2v) is 4.83. The van der Waals surface area contributed by atoms with Crippen LogP contribution in [0.4, 0.5) is 4.79 Å². The van der Waals surface area contributed by atoms with Crippen molar-refractivity contribution in [2.24, 2.45) is 0 Å². The lowest BCUT2D eigenvalue weighted by atomic mass is 10.2. The first kappa shape index (κ1) is 14.4. The van der Waals surface area contributed by atoms with Crippen molar-refractivity contribution >= 4 is 12.0 Å². The Labute approximate surface area is 118 Å². The minimum atomic E-state index is -0.415. The molecule has 1 aliphatic rings. The first-order chi connectivity index (χ1) is 9.75. The van der Waals surface area contributed by atoms with E-state index in [0.29, 0.717) is 19.5 Å². The van der Waals surface area contributed by atoms with E-state index in [1.807, 2.05) is 35.2 Å². The minimum Gasteiger partial charge on any atom is -0.445 e. The maximum absolute atomic E-state index is 11.5. The van der Waals surface area contributed by atoms with E-state index in [2.05, 4.69) is 5.32 Å². The van der Waals surface area contributed by atoms with Crippen LogP contribution in [0, 0.1) is 0 Å². The zero-order valence-corrected chi connectivity index (χ0v) is 11.5. The zero-order chi connectivity index (χ0) is 14.2. The van der Waals surface area contributed by atoms with Gasteiger partial charge >= 0.3 is 6.09 Å². The Hall–Kier alpha value is -2.04. The maximum Gasteiger partial charge on any atom is 0.407 e. The van der Waals surface area contributed by atoms with Crippen LogP contribution in [-0.2, 0) is 16.1 Å².